The van der Waals surface area contributed by atoms with Crippen molar-refractivity contribution >= 4 is 5.78 Å². The van der Waals surface area contributed by atoms with Crippen molar-refractivity contribution in [2.45, 2.75) is 39.7 Å². The quantitative estimate of drug-likeness (QED) is 0.648. The molecule has 0 aromatic carbocycles. The van der Waals surface area contributed by atoms with E-state index < -0.39 is 0 Å². The van der Waals surface area contributed by atoms with Gasteiger partial charge in [0.05, 0.1) is 6.54 Å². The normalized spacial score (nSPS) is 15.1. The highest BCUT2D eigenvalue weighted by molar-refractivity contribution is 5.82. The van der Waals surface area contributed by atoms with Crippen LogP contribution in [-0.2, 0) is 9.53 Å². The molecule has 3 nitrogen and oxygen atoms in total. The minimum absolute atomic E-state index is 0.103. The van der Waals surface area contributed by atoms with Crippen molar-refractivity contribution < 1.29 is 9.53 Å². The molecule has 0 radical (unpaired) electrons. The molecule has 0 aliphatic rings. The summed E-state index contributed by atoms with van der Waals surface area (Å²) in [5.41, 5.74) is 0. The van der Waals surface area contributed by atoms with Gasteiger partial charge in [-0.1, -0.05) is 13.8 Å². The number of ketones is 1. The second kappa shape index (κ2) is 7.94. The third kappa shape index (κ3) is 6.11. The lowest BCUT2D eigenvalue weighted by molar-refractivity contribution is -0.122. The molecule has 0 aliphatic heterocycles. The molecule has 0 aliphatic carbocycles. The molecule has 0 aromatic rings. The van der Waals surface area contributed by atoms with Gasteiger partial charge in [-0.05, 0) is 19.8 Å². The fraction of sp³-hybridized carbons (Fsp3) is 0.909. The topological polar surface area (TPSA) is 38.3 Å². The lowest BCUT2D eigenvalue weighted by Crippen LogP contribution is -2.33. The number of methoxy groups -OCH3 is 1. The van der Waals surface area contributed by atoms with E-state index in [9.17, 15) is 4.79 Å². The third-order valence-electron chi connectivity index (χ3n) is 2.54. The third-order valence-corrected chi connectivity index (χ3v) is 2.54. The van der Waals surface area contributed by atoms with Crippen molar-refractivity contribution in [2.75, 3.05) is 20.3 Å². The summed E-state index contributed by atoms with van der Waals surface area (Å²) >= 11 is 0. The van der Waals surface area contributed by atoms with E-state index in [4.69, 9.17) is 4.74 Å². The maximum absolute atomic E-state index is 11.6. The molecule has 0 rings (SSSR count). The number of Topliss-reactive ketones (excluding diaryl/α,β-unsaturated/α-hetero) is 1. The fourth-order valence-electron chi connectivity index (χ4n) is 1.05. The Morgan fingerprint density at radius 1 is 1.43 bits per heavy atom. The van der Waals surface area contributed by atoms with Crippen LogP contribution in [0.5, 0.6) is 0 Å². The molecular weight excluding hydrogens is 178 g/mol. The van der Waals surface area contributed by atoms with Gasteiger partial charge in [0, 0.05) is 25.7 Å². The maximum atomic E-state index is 11.6. The van der Waals surface area contributed by atoms with Gasteiger partial charge in [0.25, 0.3) is 0 Å². The second-order valence-corrected chi connectivity index (χ2v) is 3.84. The smallest absolute Gasteiger partial charge is 0.149 e. The van der Waals surface area contributed by atoms with Crippen LogP contribution in [0.1, 0.15) is 33.6 Å². The average Bonchev–Trinajstić information content (AvgIpc) is 2.21. The van der Waals surface area contributed by atoms with Crippen molar-refractivity contribution in [3.8, 4) is 0 Å². The monoisotopic (exact) mass is 201 g/mol. The van der Waals surface area contributed by atoms with E-state index in [1.54, 1.807) is 7.11 Å². The predicted molar refractivity (Wildman–Crippen MR) is 58.4 cm³/mol. The van der Waals surface area contributed by atoms with Gasteiger partial charge in [-0.25, -0.2) is 0 Å². The number of carbonyl (C=O) groups is 1. The fourth-order valence-corrected chi connectivity index (χ4v) is 1.05. The van der Waals surface area contributed by atoms with Crippen molar-refractivity contribution in [1.82, 2.24) is 5.32 Å². The summed E-state index contributed by atoms with van der Waals surface area (Å²) < 4.78 is 4.94. The van der Waals surface area contributed by atoms with Gasteiger partial charge in [0.15, 0.2) is 0 Å². The van der Waals surface area contributed by atoms with Crippen LogP contribution in [-0.4, -0.2) is 32.1 Å². The molecule has 0 amide bonds. The molecule has 0 saturated heterocycles. The van der Waals surface area contributed by atoms with Gasteiger partial charge < -0.3 is 10.1 Å². The highest BCUT2D eigenvalue weighted by Gasteiger charge is 2.12. The molecule has 2 atom stereocenters. The Morgan fingerprint density at radius 2 is 2.07 bits per heavy atom. The zero-order valence-electron chi connectivity index (χ0n) is 9.80. The molecule has 0 bridgehead atoms. The van der Waals surface area contributed by atoms with E-state index in [0.717, 1.165) is 12.8 Å². The minimum atomic E-state index is 0.103. The first kappa shape index (κ1) is 13.6. The lowest BCUT2D eigenvalue weighted by Gasteiger charge is -2.13. The van der Waals surface area contributed by atoms with Crippen LogP contribution in [0.4, 0.5) is 0 Å². The summed E-state index contributed by atoms with van der Waals surface area (Å²) in [5, 5.41) is 3.20. The second-order valence-electron chi connectivity index (χ2n) is 3.84. The van der Waals surface area contributed by atoms with E-state index in [0.29, 0.717) is 19.2 Å². The van der Waals surface area contributed by atoms with E-state index in [1.165, 1.54) is 0 Å². The Balaban J connectivity index is 3.61. The molecule has 1 N–H and O–H groups in total. The van der Waals surface area contributed by atoms with Gasteiger partial charge in [-0.2, -0.15) is 0 Å². The number of rotatable bonds is 8. The zero-order chi connectivity index (χ0) is 11.0. The van der Waals surface area contributed by atoms with E-state index in [2.05, 4.69) is 19.2 Å². The Hall–Kier alpha value is -0.410. The first-order valence-electron chi connectivity index (χ1n) is 5.36. The van der Waals surface area contributed by atoms with Gasteiger partial charge in [-0.3, -0.25) is 4.79 Å². The number of nitrogens with one attached hydrogen (secondary N) is 1. The van der Waals surface area contributed by atoms with E-state index >= 15 is 0 Å². The predicted octanol–water partition coefficient (Wildman–Crippen LogP) is 1.62. The highest BCUT2D eigenvalue weighted by Crippen LogP contribution is 2.03. The van der Waals surface area contributed by atoms with Crippen LogP contribution in [0.2, 0.25) is 0 Å². The number of hydrogen-bond donors (Lipinski definition) is 1. The number of carbonyl (C=O) groups excluding carboxylic acids is 1. The average molecular weight is 201 g/mol. The van der Waals surface area contributed by atoms with E-state index in [1.807, 2.05) is 6.92 Å². The molecular formula is C11H23NO2. The van der Waals surface area contributed by atoms with Crippen molar-refractivity contribution in [3.63, 3.8) is 0 Å². The largest absolute Gasteiger partial charge is 0.385 e. The summed E-state index contributed by atoms with van der Waals surface area (Å²) in [6.45, 7) is 7.30. The molecule has 0 saturated carbocycles. The van der Waals surface area contributed by atoms with Gasteiger partial charge in [0.1, 0.15) is 5.78 Å². The Kier molecular flexibility index (Phi) is 7.71. The van der Waals surface area contributed by atoms with E-state index in [-0.39, 0.29) is 11.7 Å². The highest BCUT2D eigenvalue weighted by atomic mass is 16.5. The zero-order valence-corrected chi connectivity index (χ0v) is 9.80. The van der Waals surface area contributed by atoms with Gasteiger partial charge in [-0.15, -0.1) is 0 Å². The molecule has 14 heavy (non-hydrogen) atoms. The van der Waals surface area contributed by atoms with Crippen molar-refractivity contribution in [1.29, 1.82) is 0 Å². The van der Waals surface area contributed by atoms with Crippen LogP contribution in [0, 0.1) is 5.92 Å². The molecule has 2 unspecified atom stereocenters. The standard InChI is InChI=1S/C11H23NO2/c1-5-10(3)12-8-11(13)9(2)6-7-14-4/h9-10,12H,5-8H2,1-4H3. The summed E-state index contributed by atoms with van der Waals surface area (Å²) in [7, 11) is 1.66. The van der Waals surface area contributed by atoms with Crippen molar-refractivity contribution in [2.24, 2.45) is 5.92 Å². The molecule has 3 heteroatoms. The molecule has 0 spiro atoms. The van der Waals surface area contributed by atoms with Crippen molar-refractivity contribution in [3.05, 3.63) is 0 Å². The number of hydrogen-bond acceptors (Lipinski definition) is 3. The maximum Gasteiger partial charge on any atom is 0.149 e. The Morgan fingerprint density at radius 3 is 2.57 bits per heavy atom. The van der Waals surface area contributed by atoms with Crippen LogP contribution in [0.15, 0.2) is 0 Å². The minimum Gasteiger partial charge on any atom is -0.385 e. The number of ether oxygens (including phenoxy) is 1. The Labute approximate surface area is 87.2 Å². The van der Waals surface area contributed by atoms with Crippen LogP contribution >= 0.6 is 0 Å². The summed E-state index contributed by atoms with van der Waals surface area (Å²) in [5.74, 6) is 0.383. The Bertz CT molecular complexity index is 159. The SMILES string of the molecule is CCC(C)NCC(=O)C(C)CCOC. The summed E-state index contributed by atoms with van der Waals surface area (Å²) in [6, 6.07) is 0.425. The first-order chi connectivity index (χ1) is 6.61. The van der Waals surface area contributed by atoms with Crippen LogP contribution < -0.4 is 5.32 Å². The first-order valence-corrected chi connectivity index (χ1v) is 5.36. The van der Waals surface area contributed by atoms with Gasteiger partial charge >= 0.3 is 0 Å². The molecule has 0 fully saturated rings. The summed E-state index contributed by atoms with van der Waals surface area (Å²) in [6.07, 6.45) is 1.87. The lowest BCUT2D eigenvalue weighted by atomic mass is 10.0. The van der Waals surface area contributed by atoms with Crippen LogP contribution in [0.3, 0.4) is 0 Å². The van der Waals surface area contributed by atoms with Gasteiger partial charge in [0.2, 0.25) is 0 Å². The molecule has 84 valence electrons. The van der Waals surface area contributed by atoms with Crippen LogP contribution in [0.25, 0.3) is 0 Å². The molecule has 0 aromatic heterocycles. The summed E-state index contributed by atoms with van der Waals surface area (Å²) in [4.78, 5) is 11.6. The molecule has 0 heterocycles.